The fraction of sp³-hybridized carbons (Fsp3) is 0.167. The molecule has 1 N–H and O–H groups in total. The highest BCUT2D eigenvalue weighted by molar-refractivity contribution is 6.33. The van der Waals surface area contributed by atoms with Gasteiger partial charge in [0.15, 0.2) is 0 Å². The summed E-state index contributed by atoms with van der Waals surface area (Å²) in [4.78, 5) is 6.91. The lowest BCUT2D eigenvalue weighted by Gasteiger charge is -2.10. The van der Waals surface area contributed by atoms with Crippen LogP contribution in [0.15, 0.2) is 30.3 Å². The Kier molecular flexibility index (Phi) is 3.61. The van der Waals surface area contributed by atoms with Gasteiger partial charge in [-0.3, -0.25) is 0 Å². The number of anilines is 1. The van der Waals surface area contributed by atoms with Crippen molar-refractivity contribution in [2.75, 3.05) is 12.4 Å². The lowest BCUT2D eigenvalue weighted by molar-refractivity contribution is -0.144. The highest BCUT2D eigenvalue weighted by atomic mass is 35.5. The number of hydrogen-bond acceptors (Lipinski definition) is 3. The van der Waals surface area contributed by atoms with Crippen LogP contribution >= 0.6 is 11.6 Å². The van der Waals surface area contributed by atoms with Gasteiger partial charge in [0.1, 0.15) is 5.82 Å². The maximum Gasteiger partial charge on any atom is 0.451 e. The molecule has 0 saturated heterocycles. The van der Waals surface area contributed by atoms with Crippen LogP contribution in [0, 0.1) is 0 Å². The van der Waals surface area contributed by atoms with Gasteiger partial charge in [0.2, 0.25) is 5.82 Å². The van der Waals surface area contributed by atoms with E-state index in [2.05, 4.69) is 15.3 Å². The smallest absolute Gasteiger partial charge is 0.373 e. The Hall–Kier alpha value is -1.82. The minimum atomic E-state index is -4.61. The van der Waals surface area contributed by atoms with Crippen LogP contribution < -0.4 is 5.32 Å². The Morgan fingerprint density at radius 2 is 1.84 bits per heavy atom. The van der Waals surface area contributed by atoms with Crippen molar-refractivity contribution in [2.24, 2.45) is 0 Å². The van der Waals surface area contributed by atoms with Gasteiger partial charge in [0, 0.05) is 23.7 Å². The second kappa shape index (κ2) is 5.05. The van der Waals surface area contributed by atoms with Crippen molar-refractivity contribution in [1.29, 1.82) is 0 Å². The zero-order valence-electron chi connectivity index (χ0n) is 9.79. The fourth-order valence-electron chi connectivity index (χ4n) is 1.51. The summed E-state index contributed by atoms with van der Waals surface area (Å²) in [6.45, 7) is 0. The van der Waals surface area contributed by atoms with Crippen molar-refractivity contribution in [3.63, 3.8) is 0 Å². The van der Waals surface area contributed by atoms with Crippen LogP contribution in [0.4, 0.5) is 19.0 Å². The number of nitrogens with zero attached hydrogens (tertiary/aromatic N) is 2. The Morgan fingerprint density at radius 3 is 2.42 bits per heavy atom. The lowest BCUT2D eigenvalue weighted by atomic mass is 10.1. The van der Waals surface area contributed by atoms with Gasteiger partial charge in [-0.1, -0.05) is 29.8 Å². The van der Waals surface area contributed by atoms with Crippen molar-refractivity contribution in [3.8, 4) is 11.3 Å². The monoisotopic (exact) mass is 287 g/mol. The number of halogens is 4. The molecule has 7 heteroatoms. The first-order valence-corrected chi connectivity index (χ1v) is 5.68. The van der Waals surface area contributed by atoms with Crippen LogP contribution in [0.5, 0.6) is 0 Å². The first kappa shape index (κ1) is 13.6. The van der Waals surface area contributed by atoms with Crippen LogP contribution in [-0.2, 0) is 6.18 Å². The molecule has 1 aromatic heterocycles. The van der Waals surface area contributed by atoms with Crippen molar-refractivity contribution in [1.82, 2.24) is 9.97 Å². The molecule has 100 valence electrons. The average molecular weight is 288 g/mol. The zero-order chi connectivity index (χ0) is 14.0. The normalized spacial score (nSPS) is 11.4. The summed E-state index contributed by atoms with van der Waals surface area (Å²) in [6.07, 6.45) is -4.61. The number of aromatic nitrogens is 2. The molecule has 0 aliphatic heterocycles. The summed E-state index contributed by atoms with van der Waals surface area (Å²) in [5.41, 5.74) is 0.547. The van der Waals surface area contributed by atoms with Crippen molar-refractivity contribution < 1.29 is 13.2 Å². The summed E-state index contributed by atoms with van der Waals surface area (Å²) in [7, 11) is 1.48. The van der Waals surface area contributed by atoms with E-state index in [-0.39, 0.29) is 11.5 Å². The van der Waals surface area contributed by atoms with Gasteiger partial charge in [-0.05, 0) is 6.07 Å². The van der Waals surface area contributed by atoms with Crippen molar-refractivity contribution in [2.45, 2.75) is 6.18 Å². The minimum Gasteiger partial charge on any atom is -0.373 e. The summed E-state index contributed by atoms with van der Waals surface area (Å²) in [5, 5.41) is 2.90. The highest BCUT2D eigenvalue weighted by Gasteiger charge is 2.35. The third-order valence-electron chi connectivity index (χ3n) is 2.39. The molecule has 0 fully saturated rings. The van der Waals surface area contributed by atoms with E-state index in [1.807, 2.05) is 0 Å². The number of rotatable bonds is 2. The Balaban J connectivity index is 2.61. The quantitative estimate of drug-likeness (QED) is 0.911. The first-order valence-electron chi connectivity index (χ1n) is 5.31. The molecule has 0 saturated carbocycles. The standard InChI is InChI=1S/C12H9ClF3N3/c1-17-10-6-9(7-4-2-3-5-8(7)13)18-11(19-10)12(14,15)16/h2-6H,1H3,(H,17,18,19). The summed E-state index contributed by atoms with van der Waals surface area (Å²) >= 11 is 5.96. The van der Waals surface area contributed by atoms with E-state index in [0.717, 1.165) is 0 Å². The Bertz CT molecular complexity index is 599. The molecule has 0 aliphatic carbocycles. The van der Waals surface area contributed by atoms with Crippen molar-refractivity contribution in [3.05, 3.63) is 41.2 Å². The number of nitrogens with one attached hydrogen (secondary N) is 1. The van der Waals surface area contributed by atoms with Crippen LogP contribution in [0.1, 0.15) is 5.82 Å². The largest absolute Gasteiger partial charge is 0.451 e. The van der Waals surface area contributed by atoms with Gasteiger partial charge in [0.05, 0.1) is 5.69 Å². The topological polar surface area (TPSA) is 37.8 Å². The SMILES string of the molecule is CNc1cc(-c2ccccc2Cl)nc(C(F)(F)F)n1. The fourth-order valence-corrected chi connectivity index (χ4v) is 1.74. The molecule has 2 aromatic rings. The maximum atomic E-state index is 12.7. The van der Waals surface area contributed by atoms with E-state index in [1.165, 1.54) is 13.1 Å². The molecule has 1 aromatic carbocycles. The van der Waals surface area contributed by atoms with Crippen LogP contribution in [0.2, 0.25) is 5.02 Å². The van der Waals surface area contributed by atoms with Crippen LogP contribution in [-0.4, -0.2) is 17.0 Å². The highest BCUT2D eigenvalue weighted by Crippen LogP contribution is 2.32. The van der Waals surface area contributed by atoms with Gasteiger partial charge in [-0.25, -0.2) is 9.97 Å². The molecular weight excluding hydrogens is 279 g/mol. The predicted octanol–water partition coefficient (Wildman–Crippen LogP) is 3.86. The van der Waals surface area contributed by atoms with Gasteiger partial charge in [-0.15, -0.1) is 0 Å². The molecule has 0 atom stereocenters. The molecule has 3 nitrogen and oxygen atoms in total. The molecule has 0 amide bonds. The molecule has 19 heavy (non-hydrogen) atoms. The van der Waals surface area contributed by atoms with E-state index >= 15 is 0 Å². The molecule has 0 bridgehead atoms. The molecule has 0 radical (unpaired) electrons. The van der Waals surface area contributed by atoms with E-state index in [4.69, 9.17) is 11.6 Å². The van der Waals surface area contributed by atoms with E-state index in [9.17, 15) is 13.2 Å². The molecule has 0 unspecified atom stereocenters. The van der Waals surface area contributed by atoms with Gasteiger partial charge in [-0.2, -0.15) is 13.2 Å². The molecule has 0 spiro atoms. The lowest BCUT2D eigenvalue weighted by Crippen LogP contribution is -2.13. The van der Waals surface area contributed by atoms with Gasteiger partial charge in [0.25, 0.3) is 0 Å². The number of hydrogen-bond donors (Lipinski definition) is 1. The van der Waals surface area contributed by atoms with E-state index in [0.29, 0.717) is 10.6 Å². The van der Waals surface area contributed by atoms with E-state index < -0.39 is 12.0 Å². The van der Waals surface area contributed by atoms with Gasteiger partial charge < -0.3 is 5.32 Å². The Morgan fingerprint density at radius 1 is 1.16 bits per heavy atom. The molecule has 0 aliphatic rings. The summed E-state index contributed by atoms with van der Waals surface area (Å²) < 4.78 is 38.1. The number of benzene rings is 1. The summed E-state index contributed by atoms with van der Waals surface area (Å²) in [5.74, 6) is -1.12. The molecule has 1 heterocycles. The molecule has 2 rings (SSSR count). The second-order valence-electron chi connectivity index (χ2n) is 3.69. The maximum absolute atomic E-state index is 12.7. The third-order valence-corrected chi connectivity index (χ3v) is 2.72. The van der Waals surface area contributed by atoms with Crippen LogP contribution in [0.3, 0.4) is 0 Å². The van der Waals surface area contributed by atoms with Crippen LogP contribution in [0.25, 0.3) is 11.3 Å². The predicted molar refractivity (Wildman–Crippen MR) is 67.0 cm³/mol. The molecular formula is C12H9ClF3N3. The number of alkyl halides is 3. The third kappa shape index (κ3) is 2.96. The second-order valence-corrected chi connectivity index (χ2v) is 4.10. The first-order chi connectivity index (χ1) is 8.91. The average Bonchev–Trinajstić information content (AvgIpc) is 2.37. The zero-order valence-corrected chi connectivity index (χ0v) is 10.5. The van der Waals surface area contributed by atoms with E-state index in [1.54, 1.807) is 24.3 Å². The Labute approximate surface area is 112 Å². The van der Waals surface area contributed by atoms with Crippen molar-refractivity contribution >= 4 is 17.4 Å². The van der Waals surface area contributed by atoms with Gasteiger partial charge >= 0.3 is 6.18 Å². The summed E-state index contributed by atoms with van der Waals surface area (Å²) in [6, 6.07) is 7.97. The minimum absolute atomic E-state index is 0.0808.